The van der Waals surface area contributed by atoms with E-state index in [0.29, 0.717) is 16.3 Å². The summed E-state index contributed by atoms with van der Waals surface area (Å²) < 4.78 is 21.3. The Balaban J connectivity index is 2.52. The predicted molar refractivity (Wildman–Crippen MR) is 81.3 cm³/mol. The summed E-state index contributed by atoms with van der Waals surface area (Å²) in [7, 11) is 3.38. The molecule has 1 atom stereocenters. The van der Waals surface area contributed by atoms with Gasteiger partial charge >= 0.3 is 0 Å². The number of nitrogens with zero attached hydrogens (tertiary/aromatic N) is 2. The number of benzene rings is 1. The van der Waals surface area contributed by atoms with Crippen LogP contribution in [-0.2, 0) is 7.05 Å². The largest absolute Gasteiger partial charge is 0.493 e. The Labute approximate surface area is 128 Å². The second-order valence-corrected chi connectivity index (χ2v) is 5.21. The summed E-state index contributed by atoms with van der Waals surface area (Å²) >= 11 is 6.02. The Morgan fingerprint density at radius 3 is 2.90 bits per heavy atom. The minimum absolute atomic E-state index is 0.309. The highest BCUT2D eigenvalue weighted by Crippen LogP contribution is 2.32. The number of aryl methyl sites for hydroxylation is 1. The van der Waals surface area contributed by atoms with Crippen LogP contribution in [-0.4, -0.2) is 23.4 Å². The van der Waals surface area contributed by atoms with Crippen molar-refractivity contribution in [3.63, 3.8) is 0 Å². The van der Waals surface area contributed by atoms with Gasteiger partial charge < -0.3 is 10.1 Å². The van der Waals surface area contributed by atoms with Crippen LogP contribution in [0.4, 0.5) is 4.39 Å². The van der Waals surface area contributed by atoms with Gasteiger partial charge in [0.25, 0.3) is 0 Å². The van der Waals surface area contributed by atoms with E-state index in [9.17, 15) is 4.39 Å². The van der Waals surface area contributed by atoms with Crippen molar-refractivity contribution in [3.8, 4) is 5.75 Å². The van der Waals surface area contributed by atoms with Crippen LogP contribution in [0.3, 0.4) is 0 Å². The van der Waals surface area contributed by atoms with Crippen molar-refractivity contribution in [3.05, 3.63) is 46.5 Å². The summed E-state index contributed by atoms with van der Waals surface area (Å²) in [5, 5.41) is 8.02. The second-order valence-electron chi connectivity index (χ2n) is 4.77. The molecule has 0 aliphatic heterocycles. The molecule has 4 nitrogen and oxygen atoms in total. The molecular formula is C15H19ClFN3O. The van der Waals surface area contributed by atoms with Gasteiger partial charge in [-0.15, -0.1) is 0 Å². The van der Waals surface area contributed by atoms with Crippen LogP contribution >= 0.6 is 11.6 Å². The average molecular weight is 312 g/mol. The summed E-state index contributed by atoms with van der Waals surface area (Å²) in [5.74, 6) is 0.307. The Morgan fingerprint density at radius 1 is 1.48 bits per heavy atom. The van der Waals surface area contributed by atoms with Gasteiger partial charge in [0.15, 0.2) is 5.75 Å². The first kappa shape index (κ1) is 15.8. The third kappa shape index (κ3) is 3.36. The standard InChI is InChI=1S/C15H19ClFN3O/c1-4-7-18-14(11-8-10(16)5-6-12(11)17)15-13(21-3)9-19-20(15)2/h5-6,8-9,14,18H,4,7H2,1-3H3. The molecule has 114 valence electrons. The number of ether oxygens (including phenoxy) is 1. The molecule has 2 aromatic rings. The molecular weight excluding hydrogens is 293 g/mol. The van der Waals surface area contributed by atoms with E-state index >= 15 is 0 Å². The summed E-state index contributed by atoms with van der Waals surface area (Å²) in [5.41, 5.74) is 1.25. The van der Waals surface area contributed by atoms with Crippen molar-refractivity contribution in [2.24, 2.45) is 7.05 Å². The van der Waals surface area contributed by atoms with Crippen LogP contribution in [0.15, 0.2) is 24.4 Å². The number of methoxy groups -OCH3 is 1. The lowest BCUT2D eigenvalue weighted by Crippen LogP contribution is -2.26. The lowest BCUT2D eigenvalue weighted by Gasteiger charge is -2.21. The smallest absolute Gasteiger partial charge is 0.161 e. The molecule has 1 heterocycles. The van der Waals surface area contributed by atoms with Crippen molar-refractivity contribution in [1.29, 1.82) is 0 Å². The first-order chi connectivity index (χ1) is 10.1. The van der Waals surface area contributed by atoms with Crippen molar-refractivity contribution >= 4 is 11.6 Å². The fourth-order valence-corrected chi connectivity index (χ4v) is 2.47. The zero-order valence-electron chi connectivity index (χ0n) is 12.4. The number of nitrogens with one attached hydrogen (secondary N) is 1. The fourth-order valence-electron chi connectivity index (χ4n) is 2.29. The van der Waals surface area contributed by atoms with E-state index in [1.165, 1.54) is 12.1 Å². The number of hydrogen-bond donors (Lipinski definition) is 1. The van der Waals surface area contributed by atoms with Gasteiger partial charge in [0.05, 0.1) is 19.3 Å². The number of rotatable bonds is 6. The average Bonchev–Trinajstić information content (AvgIpc) is 2.84. The number of aromatic nitrogens is 2. The van der Waals surface area contributed by atoms with Crippen LogP contribution in [0.2, 0.25) is 5.02 Å². The van der Waals surface area contributed by atoms with Gasteiger partial charge in [-0.3, -0.25) is 4.68 Å². The number of halogens is 2. The Hall–Kier alpha value is -1.59. The minimum Gasteiger partial charge on any atom is -0.493 e. The molecule has 2 rings (SSSR count). The van der Waals surface area contributed by atoms with E-state index in [1.54, 1.807) is 31.1 Å². The molecule has 0 saturated carbocycles. The van der Waals surface area contributed by atoms with E-state index < -0.39 is 0 Å². The van der Waals surface area contributed by atoms with Crippen molar-refractivity contribution in [2.45, 2.75) is 19.4 Å². The molecule has 1 aromatic heterocycles. The van der Waals surface area contributed by atoms with Gasteiger partial charge in [-0.2, -0.15) is 5.10 Å². The van der Waals surface area contributed by atoms with Gasteiger partial charge in [-0.1, -0.05) is 18.5 Å². The summed E-state index contributed by atoms with van der Waals surface area (Å²) in [4.78, 5) is 0. The van der Waals surface area contributed by atoms with Crippen LogP contribution in [0.5, 0.6) is 5.75 Å². The third-order valence-corrected chi connectivity index (χ3v) is 3.55. The lowest BCUT2D eigenvalue weighted by molar-refractivity contribution is 0.399. The van der Waals surface area contributed by atoms with Crippen LogP contribution in [0.25, 0.3) is 0 Å². The monoisotopic (exact) mass is 311 g/mol. The van der Waals surface area contributed by atoms with Crippen LogP contribution < -0.4 is 10.1 Å². The lowest BCUT2D eigenvalue weighted by atomic mass is 10.0. The van der Waals surface area contributed by atoms with E-state index in [0.717, 1.165) is 18.7 Å². The SMILES string of the molecule is CCCNC(c1cc(Cl)ccc1F)c1c(OC)cnn1C. The molecule has 0 aliphatic carbocycles. The molecule has 1 aromatic carbocycles. The maximum absolute atomic E-state index is 14.2. The molecule has 1 unspecified atom stereocenters. The highest BCUT2D eigenvalue weighted by Gasteiger charge is 2.24. The first-order valence-corrected chi connectivity index (χ1v) is 7.20. The maximum Gasteiger partial charge on any atom is 0.161 e. The summed E-state index contributed by atoms with van der Waals surface area (Å²) in [6.45, 7) is 2.80. The highest BCUT2D eigenvalue weighted by atomic mass is 35.5. The normalized spacial score (nSPS) is 12.4. The van der Waals surface area contributed by atoms with Gasteiger partial charge in [0.2, 0.25) is 0 Å². The van der Waals surface area contributed by atoms with Crippen LogP contribution in [0.1, 0.15) is 30.6 Å². The summed E-state index contributed by atoms with van der Waals surface area (Å²) in [6, 6.07) is 4.18. The van der Waals surface area contributed by atoms with E-state index in [-0.39, 0.29) is 11.9 Å². The predicted octanol–water partition coefficient (Wildman–Crippen LogP) is 3.31. The Bertz CT molecular complexity index is 615. The van der Waals surface area contributed by atoms with Gasteiger partial charge in [-0.05, 0) is 31.2 Å². The zero-order valence-corrected chi connectivity index (χ0v) is 13.1. The molecule has 0 bridgehead atoms. The Kier molecular flexibility index (Phi) is 5.20. The van der Waals surface area contributed by atoms with Crippen molar-refractivity contribution in [2.75, 3.05) is 13.7 Å². The molecule has 0 fully saturated rings. The third-order valence-electron chi connectivity index (χ3n) is 3.31. The molecule has 21 heavy (non-hydrogen) atoms. The molecule has 0 radical (unpaired) electrons. The molecule has 0 amide bonds. The highest BCUT2D eigenvalue weighted by molar-refractivity contribution is 6.30. The first-order valence-electron chi connectivity index (χ1n) is 6.82. The van der Waals surface area contributed by atoms with E-state index in [2.05, 4.69) is 17.3 Å². The minimum atomic E-state index is -0.369. The molecule has 0 saturated heterocycles. The fraction of sp³-hybridized carbons (Fsp3) is 0.400. The molecule has 6 heteroatoms. The van der Waals surface area contributed by atoms with Gasteiger partial charge in [-0.25, -0.2) is 4.39 Å². The Morgan fingerprint density at radius 2 is 2.24 bits per heavy atom. The maximum atomic E-state index is 14.2. The second kappa shape index (κ2) is 6.91. The molecule has 1 N–H and O–H groups in total. The van der Waals surface area contributed by atoms with Crippen molar-refractivity contribution in [1.82, 2.24) is 15.1 Å². The van der Waals surface area contributed by atoms with E-state index in [4.69, 9.17) is 16.3 Å². The zero-order chi connectivity index (χ0) is 15.4. The summed E-state index contributed by atoms with van der Waals surface area (Å²) in [6.07, 6.45) is 2.55. The van der Waals surface area contributed by atoms with E-state index in [1.807, 2.05) is 0 Å². The molecule has 0 spiro atoms. The van der Waals surface area contributed by atoms with Crippen molar-refractivity contribution < 1.29 is 9.13 Å². The quantitative estimate of drug-likeness (QED) is 0.889. The van der Waals surface area contributed by atoms with Gasteiger partial charge in [0.1, 0.15) is 11.5 Å². The number of hydrogen-bond acceptors (Lipinski definition) is 3. The van der Waals surface area contributed by atoms with Gasteiger partial charge in [0, 0.05) is 17.6 Å². The topological polar surface area (TPSA) is 39.1 Å². The molecule has 0 aliphatic rings. The van der Waals surface area contributed by atoms with Crippen LogP contribution in [0, 0.1) is 5.82 Å².